The van der Waals surface area contributed by atoms with Gasteiger partial charge in [0.25, 0.3) is 0 Å². The van der Waals surface area contributed by atoms with Gasteiger partial charge in [0.15, 0.2) is 0 Å². The van der Waals surface area contributed by atoms with Crippen LogP contribution in [0.15, 0.2) is 18.2 Å². The smallest absolute Gasteiger partial charge is 0.410 e. The van der Waals surface area contributed by atoms with Gasteiger partial charge in [0.05, 0.1) is 0 Å². The van der Waals surface area contributed by atoms with Crippen LogP contribution in [0, 0.1) is 12.7 Å². The Morgan fingerprint density at radius 2 is 2.00 bits per heavy atom. The van der Waals surface area contributed by atoms with Crippen LogP contribution >= 0.6 is 0 Å². The molecule has 1 N–H and O–H groups in total. The van der Waals surface area contributed by atoms with E-state index in [1.165, 1.54) is 12.1 Å². The number of nitrogens with one attached hydrogen (secondary N) is 1. The Morgan fingerprint density at radius 3 is 2.59 bits per heavy atom. The molecule has 0 bridgehead atoms. The SMILES string of the molecule is Cc1cc(F)ccc1[C@H]1CNC(=O)OC12CCN(C(=O)OC(C)(C)C)CC2. The monoisotopic (exact) mass is 378 g/mol. The zero-order chi connectivity index (χ0) is 19.8. The summed E-state index contributed by atoms with van der Waals surface area (Å²) >= 11 is 0. The number of hydrogen-bond donors (Lipinski definition) is 1. The number of carbonyl (C=O) groups excluding carboxylic acids is 2. The van der Waals surface area contributed by atoms with Crippen molar-refractivity contribution in [3.05, 3.63) is 35.1 Å². The first-order valence-electron chi connectivity index (χ1n) is 9.30. The molecular weight excluding hydrogens is 351 g/mol. The summed E-state index contributed by atoms with van der Waals surface area (Å²) in [6, 6.07) is 4.69. The summed E-state index contributed by atoms with van der Waals surface area (Å²) in [5.74, 6) is -0.387. The number of ether oxygens (including phenoxy) is 2. The van der Waals surface area contributed by atoms with Crippen LogP contribution in [-0.2, 0) is 9.47 Å². The van der Waals surface area contributed by atoms with Gasteiger partial charge in [0, 0.05) is 38.4 Å². The molecule has 1 aromatic rings. The third-order valence-electron chi connectivity index (χ3n) is 5.25. The lowest BCUT2D eigenvalue weighted by atomic mass is 9.73. The van der Waals surface area contributed by atoms with E-state index in [0.717, 1.165) is 11.1 Å². The molecule has 27 heavy (non-hydrogen) atoms. The van der Waals surface area contributed by atoms with Gasteiger partial charge in [-0.3, -0.25) is 0 Å². The number of carbonyl (C=O) groups is 2. The maximum atomic E-state index is 13.5. The molecule has 7 heteroatoms. The van der Waals surface area contributed by atoms with Crippen LogP contribution < -0.4 is 5.32 Å². The van der Waals surface area contributed by atoms with E-state index in [4.69, 9.17) is 9.47 Å². The number of alkyl carbamates (subject to hydrolysis) is 1. The molecule has 148 valence electrons. The molecule has 0 aromatic heterocycles. The number of piperidine rings is 1. The Bertz CT molecular complexity index is 736. The van der Waals surface area contributed by atoms with Gasteiger partial charge in [-0.05, 0) is 51.0 Å². The molecule has 2 fully saturated rings. The first-order chi connectivity index (χ1) is 12.6. The van der Waals surface area contributed by atoms with Gasteiger partial charge >= 0.3 is 12.2 Å². The molecule has 2 saturated heterocycles. The lowest BCUT2D eigenvalue weighted by Gasteiger charge is -2.48. The number of amides is 2. The predicted molar refractivity (Wildman–Crippen MR) is 98.1 cm³/mol. The Morgan fingerprint density at radius 1 is 1.33 bits per heavy atom. The fourth-order valence-electron chi connectivity index (χ4n) is 3.93. The summed E-state index contributed by atoms with van der Waals surface area (Å²) in [6.45, 7) is 8.67. The summed E-state index contributed by atoms with van der Waals surface area (Å²) in [4.78, 5) is 25.9. The van der Waals surface area contributed by atoms with Crippen molar-refractivity contribution in [2.75, 3.05) is 19.6 Å². The minimum absolute atomic E-state index is 0.100. The summed E-state index contributed by atoms with van der Waals surface area (Å²) in [5, 5.41) is 2.75. The predicted octanol–water partition coefficient (Wildman–Crippen LogP) is 3.73. The van der Waals surface area contributed by atoms with E-state index in [0.29, 0.717) is 32.5 Å². The van der Waals surface area contributed by atoms with E-state index in [1.807, 2.05) is 27.7 Å². The number of aryl methyl sites for hydroxylation is 1. The van der Waals surface area contributed by atoms with E-state index in [2.05, 4.69) is 5.32 Å². The minimum Gasteiger partial charge on any atom is -0.444 e. The van der Waals surface area contributed by atoms with Crippen molar-refractivity contribution in [1.29, 1.82) is 0 Å². The second kappa shape index (κ2) is 7.02. The molecule has 0 saturated carbocycles. The second-order valence-electron chi connectivity index (χ2n) is 8.36. The average Bonchev–Trinajstić information content (AvgIpc) is 2.55. The molecule has 2 aliphatic heterocycles. The van der Waals surface area contributed by atoms with Gasteiger partial charge in [-0.25, -0.2) is 14.0 Å². The summed E-state index contributed by atoms with van der Waals surface area (Å²) in [6.07, 6.45) is 0.228. The molecule has 2 heterocycles. The largest absolute Gasteiger partial charge is 0.444 e. The fraction of sp³-hybridized carbons (Fsp3) is 0.600. The van der Waals surface area contributed by atoms with Crippen molar-refractivity contribution in [3.63, 3.8) is 0 Å². The van der Waals surface area contributed by atoms with Crippen molar-refractivity contribution in [3.8, 4) is 0 Å². The molecule has 1 aromatic carbocycles. The highest BCUT2D eigenvalue weighted by atomic mass is 19.1. The van der Waals surface area contributed by atoms with Crippen LogP contribution in [-0.4, -0.2) is 47.9 Å². The van der Waals surface area contributed by atoms with E-state index in [9.17, 15) is 14.0 Å². The third kappa shape index (κ3) is 4.17. The van der Waals surface area contributed by atoms with E-state index in [-0.39, 0.29) is 17.8 Å². The van der Waals surface area contributed by atoms with Gasteiger partial charge < -0.3 is 19.7 Å². The highest BCUT2D eigenvalue weighted by Gasteiger charge is 2.49. The standard InChI is InChI=1S/C20H27FN2O4/c1-13-11-14(21)5-6-15(13)16-12-22-17(24)26-20(16)7-9-23(10-8-20)18(25)27-19(2,3)4/h5-6,11,16H,7-10,12H2,1-4H3,(H,22,24)/t16-/m1/s1. The number of halogens is 1. The number of benzene rings is 1. The van der Waals surface area contributed by atoms with E-state index in [1.54, 1.807) is 11.0 Å². The Balaban J connectivity index is 1.80. The quantitative estimate of drug-likeness (QED) is 0.809. The average molecular weight is 378 g/mol. The highest BCUT2D eigenvalue weighted by Crippen LogP contribution is 2.43. The lowest BCUT2D eigenvalue weighted by molar-refractivity contribution is -0.0707. The zero-order valence-electron chi connectivity index (χ0n) is 16.3. The van der Waals surface area contributed by atoms with Crippen molar-refractivity contribution < 1.29 is 23.5 Å². The van der Waals surface area contributed by atoms with Crippen molar-refractivity contribution in [2.45, 2.75) is 57.7 Å². The van der Waals surface area contributed by atoms with Gasteiger partial charge in [-0.2, -0.15) is 0 Å². The topological polar surface area (TPSA) is 67.9 Å². The minimum atomic E-state index is -0.705. The number of hydrogen-bond acceptors (Lipinski definition) is 4. The number of rotatable bonds is 1. The van der Waals surface area contributed by atoms with Crippen molar-refractivity contribution in [1.82, 2.24) is 10.2 Å². The van der Waals surface area contributed by atoms with Crippen LogP contribution in [0.2, 0.25) is 0 Å². The van der Waals surface area contributed by atoms with Crippen LogP contribution in [0.4, 0.5) is 14.0 Å². The van der Waals surface area contributed by atoms with Crippen molar-refractivity contribution >= 4 is 12.2 Å². The fourth-order valence-corrected chi connectivity index (χ4v) is 3.93. The van der Waals surface area contributed by atoms with Crippen LogP contribution in [0.3, 0.4) is 0 Å². The van der Waals surface area contributed by atoms with Gasteiger partial charge in [0.2, 0.25) is 0 Å². The summed E-state index contributed by atoms with van der Waals surface area (Å²) < 4.78 is 24.7. The maximum Gasteiger partial charge on any atom is 0.410 e. The van der Waals surface area contributed by atoms with Crippen LogP contribution in [0.1, 0.15) is 50.7 Å². The molecule has 2 amide bonds. The molecule has 1 atom stereocenters. The first kappa shape index (κ1) is 19.5. The zero-order valence-corrected chi connectivity index (χ0v) is 16.3. The van der Waals surface area contributed by atoms with Crippen LogP contribution in [0.25, 0.3) is 0 Å². The normalized spacial score (nSPS) is 22.2. The van der Waals surface area contributed by atoms with E-state index < -0.39 is 17.3 Å². The lowest BCUT2D eigenvalue weighted by Crippen LogP contribution is -2.58. The van der Waals surface area contributed by atoms with Gasteiger partial charge in [0.1, 0.15) is 17.0 Å². The summed E-state index contributed by atoms with van der Waals surface area (Å²) in [5.41, 5.74) is 0.529. The first-order valence-corrected chi connectivity index (χ1v) is 9.30. The molecule has 6 nitrogen and oxygen atoms in total. The molecule has 0 aliphatic carbocycles. The highest BCUT2D eigenvalue weighted by molar-refractivity contribution is 5.70. The van der Waals surface area contributed by atoms with Gasteiger partial charge in [-0.15, -0.1) is 0 Å². The molecule has 3 rings (SSSR count). The molecular formula is C20H27FN2O4. The third-order valence-corrected chi connectivity index (χ3v) is 5.25. The van der Waals surface area contributed by atoms with E-state index >= 15 is 0 Å². The Kier molecular flexibility index (Phi) is 5.06. The maximum absolute atomic E-state index is 13.5. The molecule has 2 aliphatic rings. The molecule has 1 spiro atoms. The van der Waals surface area contributed by atoms with Crippen LogP contribution in [0.5, 0.6) is 0 Å². The summed E-state index contributed by atoms with van der Waals surface area (Å²) in [7, 11) is 0. The Labute approximate surface area is 159 Å². The number of nitrogens with zero attached hydrogens (tertiary/aromatic N) is 1. The van der Waals surface area contributed by atoms with Gasteiger partial charge in [-0.1, -0.05) is 6.07 Å². The molecule has 0 unspecified atom stereocenters. The Hall–Kier alpha value is -2.31. The van der Waals surface area contributed by atoms with Crippen molar-refractivity contribution in [2.24, 2.45) is 0 Å². The second-order valence-corrected chi connectivity index (χ2v) is 8.36. The molecule has 0 radical (unpaired) electrons. The number of likely N-dealkylation sites (tertiary alicyclic amines) is 1.